The van der Waals surface area contributed by atoms with Crippen molar-refractivity contribution in [1.82, 2.24) is 10.2 Å². The summed E-state index contributed by atoms with van der Waals surface area (Å²) in [6.07, 6.45) is 0.441. The van der Waals surface area contributed by atoms with Crippen molar-refractivity contribution >= 4 is 5.97 Å². The quantitative estimate of drug-likeness (QED) is 0.651. The summed E-state index contributed by atoms with van der Waals surface area (Å²) < 4.78 is 10.2. The Labute approximate surface area is 103 Å². The molecule has 0 spiro atoms. The predicted molar refractivity (Wildman–Crippen MR) is 66.0 cm³/mol. The first-order valence-electron chi connectivity index (χ1n) is 6.41. The van der Waals surface area contributed by atoms with E-state index in [4.69, 9.17) is 9.47 Å². The number of ether oxygens (including phenoxy) is 2. The molecule has 0 saturated carbocycles. The van der Waals surface area contributed by atoms with Crippen molar-refractivity contribution in [3.63, 3.8) is 0 Å². The average Bonchev–Trinajstić information content (AvgIpc) is 2.30. The van der Waals surface area contributed by atoms with Gasteiger partial charge in [0.25, 0.3) is 0 Å². The Morgan fingerprint density at radius 3 is 2.82 bits per heavy atom. The van der Waals surface area contributed by atoms with Crippen LogP contribution < -0.4 is 5.32 Å². The Morgan fingerprint density at radius 1 is 1.47 bits per heavy atom. The number of hydrogen-bond acceptors (Lipinski definition) is 5. The maximum Gasteiger partial charge on any atom is 0.307 e. The molecule has 5 heteroatoms. The molecule has 0 radical (unpaired) electrons. The van der Waals surface area contributed by atoms with Crippen LogP contribution in [0.15, 0.2) is 0 Å². The molecular formula is C12H24N2O3. The SMILES string of the molecule is CCOC(=O)CC(C)NCCN1CCOCC1. The van der Waals surface area contributed by atoms with Crippen LogP contribution in [0.3, 0.4) is 0 Å². The molecular weight excluding hydrogens is 220 g/mol. The van der Waals surface area contributed by atoms with Crippen LogP contribution in [0.2, 0.25) is 0 Å². The maximum atomic E-state index is 11.2. The van der Waals surface area contributed by atoms with E-state index in [9.17, 15) is 4.79 Å². The molecule has 1 fully saturated rings. The van der Waals surface area contributed by atoms with Gasteiger partial charge < -0.3 is 14.8 Å². The van der Waals surface area contributed by atoms with E-state index in [-0.39, 0.29) is 12.0 Å². The zero-order chi connectivity index (χ0) is 12.5. The summed E-state index contributed by atoms with van der Waals surface area (Å²) in [5.74, 6) is -0.126. The highest BCUT2D eigenvalue weighted by atomic mass is 16.5. The van der Waals surface area contributed by atoms with E-state index < -0.39 is 0 Å². The molecule has 1 heterocycles. The summed E-state index contributed by atoms with van der Waals surface area (Å²) in [6, 6.07) is 0.176. The van der Waals surface area contributed by atoms with E-state index in [2.05, 4.69) is 10.2 Å². The van der Waals surface area contributed by atoms with Gasteiger partial charge in [0.1, 0.15) is 0 Å². The number of nitrogens with one attached hydrogen (secondary N) is 1. The normalized spacial score (nSPS) is 18.9. The van der Waals surface area contributed by atoms with Crippen molar-refractivity contribution in [3.05, 3.63) is 0 Å². The van der Waals surface area contributed by atoms with Gasteiger partial charge >= 0.3 is 5.97 Å². The lowest BCUT2D eigenvalue weighted by Crippen LogP contribution is -2.42. The van der Waals surface area contributed by atoms with E-state index in [0.717, 1.165) is 39.4 Å². The minimum absolute atomic E-state index is 0.126. The molecule has 0 aromatic rings. The first-order valence-corrected chi connectivity index (χ1v) is 6.41. The Bertz CT molecular complexity index is 218. The van der Waals surface area contributed by atoms with Crippen LogP contribution in [-0.4, -0.2) is 62.9 Å². The van der Waals surface area contributed by atoms with Crippen LogP contribution in [0.4, 0.5) is 0 Å². The van der Waals surface area contributed by atoms with E-state index in [0.29, 0.717) is 13.0 Å². The van der Waals surface area contributed by atoms with Gasteiger partial charge in [0.2, 0.25) is 0 Å². The maximum absolute atomic E-state index is 11.2. The van der Waals surface area contributed by atoms with Crippen LogP contribution in [-0.2, 0) is 14.3 Å². The van der Waals surface area contributed by atoms with E-state index in [1.165, 1.54) is 0 Å². The number of carbonyl (C=O) groups is 1. The van der Waals surface area contributed by atoms with Crippen LogP contribution >= 0.6 is 0 Å². The Balaban J connectivity index is 2.02. The van der Waals surface area contributed by atoms with E-state index in [1.807, 2.05) is 13.8 Å². The van der Waals surface area contributed by atoms with Crippen molar-refractivity contribution in [2.45, 2.75) is 26.3 Å². The Kier molecular flexibility index (Phi) is 7.16. The van der Waals surface area contributed by atoms with E-state index in [1.54, 1.807) is 0 Å². The molecule has 0 aromatic heterocycles. The molecule has 1 N–H and O–H groups in total. The fourth-order valence-electron chi connectivity index (χ4n) is 1.84. The Morgan fingerprint density at radius 2 is 2.18 bits per heavy atom. The van der Waals surface area contributed by atoms with Gasteiger partial charge in [0, 0.05) is 32.2 Å². The van der Waals surface area contributed by atoms with Crippen LogP contribution in [0.5, 0.6) is 0 Å². The number of carbonyl (C=O) groups excluding carboxylic acids is 1. The van der Waals surface area contributed by atoms with Gasteiger partial charge in [-0.3, -0.25) is 9.69 Å². The fourth-order valence-corrected chi connectivity index (χ4v) is 1.84. The smallest absolute Gasteiger partial charge is 0.307 e. The Hall–Kier alpha value is -0.650. The van der Waals surface area contributed by atoms with Crippen molar-refractivity contribution in [2.75, 3.05) is 46.0 Å². The number of nitrogens with zero attached hydrogens (tertiary/aromatic N) is 1. The highest BCUT2D eigenvalue weighted by Crippen LogP contribution is 1.97. The molecule has 1 atom stereocenters. The molecule has 0 aromatic carbocycles. The summed E-state index contributed by atoms with van der Waals surface area (Å²) in [4.78, 5) is 13.6. The van der Waals surface area contributed by atoms with Gasteiger partial charge in [-0.2, -0.15) is 0 Å². The second kappa shape index (κ2) is 8.44. The highest BCUT2D eigenvalue weighted by Gasteiger charge is 2.12. The van der Waals surface area contributed by atoms with E-state index >= 15 is 0 Å². The van der Waals surface area contributed by atoms with Gasteiger partial charge in [-0.25, -0.2) is 0 Å². The molecule has 1 aliphatic rings. The molecule has 0 aliphatic carbocycles. The molecule has 1 rings (SSSR count). The zero-order valence-electron chi connectivity index (χ0n) is 10.9. The summed E-state index contributed by atoms with van der Waals surface area (Å²) in [5, 5.41) is 3.34. The average molecular weight is 244 g/mol. The molecule has 5 nitrogen and oxygen atoms in total. The lowest BCUT2D eigenvalue weighted by molar-refractivity contribution is -0.143. The largest absolute Gasteiger partial charge is 0.466 e. The van der Waals surface area contributed by atoms with Gasteiger partial charge in [-0.05, 0) is 13.8 Å². The molecule has 100 valence electrons. The van der Waals surface area contributed by atoms with Gasteiger partial charge in [-0.15, -0.1) is 0 Å². The number of rotatable bonds is 7. The van der Waals surface area contributed by atoms with Crippen molar-refractivity contribution in [3.8, 4) is 0 Å². The standard InChI is InChI=1S/C12H24N2O3/c1-3-17-12(15)10-11(2)13-4-5-14-6-8-16-9-7-14/h11,13H,3-10H2,1-2H3. The first-order chi connectivity index (χ1) is 8.22. The van der Waals surface area contributed by atoms with Gasteiger partial charge in [0.15, 0.2) is 0 Å². The lowest BCUT2D eigenvalue weighted by Gasteiger charge is -2.27. The van der Waals surface area contributed by atoms with Crippen molar-refractivity contribution in [1.29, 1.82) is 0 Å². The lowest BCUT2D eigenvalue weighted by atomic mass is 10.2. The van der Waals surface area contributed by atoms with Crippen LogP contribution in [0.1, 0.15) is 20.3 Å². The minimum Gasteiger partial charge on any atom is -0.466 e. The number of morpholine rings is 1. The first kappa shape index (κ1) is 14.4. The number of hydrogen-bond donors (Lipinski definition) is 1. The molecule has 17 heavy (non-hydrogen) atoms. The molecule has 1 aliphatic heterocycles. The molecule has 1 saturated heterocycles. The third-order valence-electron chi connectivity index (χ3n) is 2.80. The topological polar surface area (TPSA) is 50.8 Å². The van der Waals surface area contributed by atoms with Crippen LogP contribution in [0, 0.1) is 0 Å². The summed E-state index contributed by atoms with van der Waals surface area (Å²) in [7, 11) is 0. The van der Waals surface area contributed by atoms with Crippen LogP contribution in [0.25, 0.3) is 0 Å². The molecule has 0 amide bonds. The third kappa shape index (κ3) is 6.61. The molecule has 1 unspecified atom stereocenters. The highest BCUT2D eigenvalue weighted by molar-refractivity contribution is 5.69. The van der Waals surface area contributed by atoms with Crippen molar-refractivity contribution < 1.29 is 14.3 Å². The summed E-state index contributed by atoms with van der Waals surface area (Å²) in [6.45, 7) is 9.89. The van der Waals surface area contributed by atoms with Gasteiger partial charge in [0.05, 0.1) is 26.2 Å². The second-order valence-corrected chi connectivity index (χ2v) is 4.32. The minimum atomic E-state index is -0.126. The summed E-state index contributed by atoms with van der Waals surface area (Å²) >= 11 is 0. The second-order valence-electron chi connectivity index (χ2n) is 4.32. The molecule has 0 bridgehead atoms. The summed E-state index contributed by atoms with van der Waals surface area (Å²) in [5.41, 5.74) is 0. The fraction of sp³-hybridized carbons (Fsp3) is 0.917. The van der Waals surface area contributed by atoms with Gasteiger partial charge in [-0.1, -0.05) is 0 Å². The predicted octanol–water partition coefficient (Wildman–Crippen LogP) is 0.250. The zero-order valence-corrected chi connectivity index (χ0v) is 10.9. The third-order valence-corrected chi connectivity index (χ3v) is 2.80. The number of esters is 1. The van der Waals surface area contributed by atoms with Crippen molar-refractivity contribution in [2.24, 2.45) is 0 Å². The monoisotopic (exact) mass is 244 g/mol.